The van der Waals surface area contributed by atoms with E-state index >= 15 is 0 Å². The van der Waals surface area contributed by atoms with Crippen LogP contribution in [0.25, 0.3) is 0 Å². The summed E-state index contributed by atoms with van der Waals surface area (Å²) < 4.78 is 10.3. The number of aliphatic hydroxyl groups is 1. The maximum Gasteiger partial charge on any atom is 0.269 e. The van der Waals surface area contributed by atoms with Gasteiger partial charge >= 0.3 is 0 Å². The van der Waals surface area contributed by atoms with Gasteiger partial charge in [-0.2, -0.15) is 0 Å². The summed E-state index contributed by atoms with van der Waals surface area (Å²) in [5.74, 6) is 0.478. The zero-order valence-electron chi connectivity index (χ0n) is 9.54. The molecule has 0 amide bonds. The van der Waals surface area contributed by atoms with E-state index in [4.69, 9.17) is 9.47 Å². The van der Waals surface area contributed by atoms with E-state index in [1.54, 1.807) is 0 Å². The van der Waals surface area contributed by atoms with Crippen LogP contribution in [-0.2, 0) is 4.74 Å². The fourth-order valence-electron chi connectivity index (χ4n) is 1.16. The molecule has 1 aromatic carbocycles. The Labute approximate surface area is 98.9 Å². The van der Waals surface area contributed by atoms with E-state index in [0.29, 0.717) is 12.4 Å². The van der Waals surface area contributed by atoms with E-state index in [-0.39, 0.29) is 18.9 Å². The van der Waals surface area contributed by atoms with Crippen LogP contribution >= 0.6 is 0 Å². The third kappa shape index (κ3) is 4.80. The van der Waals surface area contributed by atoms with Crippen molar-refractivity contribution < 1.29 is 19.5 Å². The maximum atomic E-state index is 10.4. The molecule has 0 spiro atoms. The van der Waals surface area contributed by atoms with Crippen LogP contribution in [0, 0.1) is 10.1 Å². The standard InChI is InChI=1S/C11H15NO5/c1-2-16-7-10(13)8-17-11-5-3-9(4-6-11)12(14)15/h3-6,10,13H,2,7-8H2,1H3. The van der Waals surface area contributed by atoms with Gasteiger partial charge in [-0.05, 0) is 19.1 Å². The molecule has 6 heteroatoms. The SMILES string of the molecule is CCOCC(O)COc1ccc([N+](=O)[O-])cc1. The summed E-state index contributed by atoms with van der Waals surface area (Å²) >= 11 is 0. The minimum Gasteiger partial charge on any atom is -0.491 e. The van der Waals surface area contributed by atoms with E-state index in [2.05, 4.69) is 0 Å². The van der Waals surface area contributed by atoms with Gasteiger partial charge < -0.3 is 14.6 Å². The van der Waals surface area contributed by atoms with Crippen molar-refractivity contribution in [1.82, 2.24) is 0 Å². The first-order chi connectivity index (χ1) is 8.13. The highest BCUT2D eigenvalue weighted by atomic mass is 16.6. The first-order valence-electron chi connectivity index (χ1n) is 5.26. The second kappa shape index (κ2) is 6.82. The second-order valence-corrected chi connectivity index (χ2v) is 3.38. The van der Waals surface area contributed by atoms with Gasteiger partial charge in [0, 0.05) is 18.7 Å². The second-order valence-electron chi connectivity index (χ2n) is 3.38. The van der Waals surface area contributed by atoms with Crippen molar-refractivity contribution >= 4 is 5.69 Å². The first kappa shape index (κ1) is 13.4. The van der Waals surface area contributed by atoms with Crippen LogP contribution in [0.3, 0.4) is 0 Å². The Balaban J connectivity index is 2.39. The zero-order chi connectivity index (χ0) is 12.7. The highest BCUT2D eigenvalue weighted by Crippen LogP contribution is 2.17. The van der Waals surface area contributed by atoms with Gasteiger partial charge in [0.05, 0.1) is 11.5 Å². The zero-order valence-corrected chi connectivity index (χ0v) is 9.54. The molecule has 0 saturated carbocycles. The summed E-state index contributed by atoms with van der Waals surface area (Å²) in [7, 11) is 0. The Hall–Kier alpha value is -1.66. The lowest BCUT2D eigenvalue weighted by Gasteiger charge is -2.11. The molecule has 1 unspecified atom stereocenters. The van der Waals surface area contributed by atoms with Crippen molar-refractivity contribution in [3.8, 4) is 5.75 Å². The number of aliphatic hydroxyl groups excluding tert-OH is 1. The molecule has 0 aliphatic heterocycles. The predicted molar refractivity (Wildman–Crippen MR) is 61.1 cm³/mol. The van der Waals surface area contributed by atoms with Crippen LogP contribution in [0.1, 0.15) is 6.92 Å². The van der Waals surface area contributed by atoms with Crippen LogP contribution in [0.4, 0.5) is 5.69 Å². The fraction of sp³-hybridized carbons (Fsp3) is 0.455. The highest BCUT2D eigenvalue weighted by Gasteiger charge is 2.07. The van der Waals surface area contributed by atoms with Crippen LogP contribution < -0.4 is 4.74 Å². The number of nitro groups is 1. The Morgan fingerprint density at radius 2 is 2.00 bits per heavy atom. The molecule has 94 valence electrons. The summed E-state index contributed by atoms with van der Waals surface area (Å²) in [5, 5.41) is 19.8. The average molecular weight is 241 g/mol. The lowest BCUT2D eigenvalue weighted by molar-refractivity contribution is -0.384. The van der Waals surface area contributed by atoms with Crippen LogP contribution in [0.5, 0.6) is 5.75 Å². The molecule has 0 radical (unpaired) electrons. The number of benzene rings is 1. The minimum absolute atomic E-state index is 0.00668. The molecular formula is C11H15NO5. The molecule has 1 rings (SSSR count). The van der Waals surface area contributed by atoms with Crippen LogP contribution in [0.2, 0.25) is 0 Å². The number of non-ortho nitro benzene ring substituents is 1. The Kier molecular flexibility index (Phi) is 5.38. The smallest absolute Gasteiger partial charge is 0.269 e. The first-order valence-corrected chi connectivity index (χ1v) is 5.26. The number of hydrogen-bond acceptors (Lipinski definition) is 5. The molecular weight excluding hydrogens is 226 g/mol. The van der Waals surface area contributed by atoms with E-state index in [9.17, 15) is 15.2 Å². The van der Waals surface area contributed by atoms with Gasteiger partial charge in [0.2, 0.25) is 0 Å². The van der Waals surface area contributed by atoms with Gasteiger partial charge in [0.1, 0.15) is 18.5 Å². The Morgan fingerprint density at radius 3 is 2.53 bits per heavy atom. The third-order valence-electron chi connectivity index (χ3n) is 2.00. The van der Waals surface area contributed by atoms with Crippen molar-refractivity contribution in [3.05, 3.63) is 34.4 Å². The molecule has 0 saturated heterocycles. The molecule has 17 heavy (non-hydrogen) atoms. The van der Waals surface area contributed by atoms with E-state index < -0.39 is 11.0 Å². The molecule has 6 nitrogen and oxygen atoms in total. The van der Waals surface area contributed by atoms with Gasteiger partial charge in [0.15, 0.2) is 0 Å². The van der Waals surface area contributed by atoms with Crippen LogP contribution in [0.15, 0.2) is 24.3 Å². The molecule has 0 aromatic heterocycles. The minimum atomic E-state index is -0.704. The van der Waals surface area contributed by atoms with E-state index in [0.717, 1.165) is 0 Å². The number of nitro benzene ring substituents is 1. The average Bonchev–Trinajstić information content (AvgIpc) is 2.34. The normalized spacial score (nSPS) is 12.1. The van der Waals surface area contributed by atoms with Crippen molar-refractivity contribution in [2.45, 2.75) is 13.0 Å². The van der Waals surface area contributed by atoms with Crippen molar-refractivity contribution in [2.75, 3.05) is 19.8 Å². The Morgan fingerprint density at radius 1 is 1.35 bits per heavy atom. The van der Waals surface area contributed by atoms with Gasteiger partial charge in [0.25, 0.3) is 5.69 Å². The molecule has 0 heterocycles. The number of ether oxygens (including phenoxy) is 2. The van der Waals surface area contributed by atoms with Gasteiger partial charge in [-0.15, -0.1) is 0 Å². The van der Waals surface area contributed by atoms with Gasteiger partial charge in [-0.1, -0.05) is 0 Å². The monoisotopic (exact) mass is 241 g/mol. The molecule has 0 bridgehead atoms. The fourth-order valence-corrected chi connectivity index (χ4v) is 1.16. The quantitative estimate of drug-likeness (QED) is 0.576. The summed E-state index contributed by atoms with van der Waals surface area (Å²) in [6, 6.07) is 5.69. The maximum absolute atomic E-state index is 10.4. The largest absolute Gasteiger partial charge is 0.491 e. The van der Waals surface area contributed by atoms with Gasteiger partial charge in [-0.3, -0.25) is 10.1 Å². The highest BCUT2D eigenvalue weighted by molar-refractivity contribution is 5.35. The number of hydrogen-bond donors (Lipinski definition) is 1. The summed E-state index contributed by atoms with van der Waals surface area (Å²) in [4.78, 5) is 9.93. The topological polar surface area (TPSA) is 81.8 Å². The molecule has 0 fully saturated rings. The van der Waals surface area contributed by atoms with Crippen molar-refractivity contribution in [3.63, 3.8) is 0 Å². The lowest BCUT2D eigenvalue weighted by Crippen LogP contribution is -2.23. The summed E-state index contributed by atoms with van der Waals surface area (Å²) in [6.07, 6.45) is -0.704. The molecule has 1 aromatic rings. The van der Waals surface area contributed by atoms with Crippen molar-refractivity contribution in [2.24, 2.45) is 0 Å². The predicted octanol–water partition coefficient (Wildman–Crippen LogP) is 1.37. The van der Waals surface area contributed by atoms with Crippen LogP contribution in [-0.4, -0.2) is 36.0 Å². The van der Waals surface area contributed by atoms with E-state index in [1.807, 2.05) is 6.92 Å². The summed E-state index contributed by atoms with van der Waals surface area (Å²) in [6.45, 7) is 2.68. The van der Waals surface area contributed by atoms with E-state index in [1.165, 1.54) is 24.3 Å². The number of nitrogens with zero attached hydrogens (tertiary/aromatic N) is 1. The third-order valence-corrected chi connectivity index (χ3v) is 2.00. The molecule has 0 aliphatic carbocycles. The Bertz CT molecular complexity index is 351. The van der Waals surface area contributed by atoms with Crippen molar-refractivity contribution in [1.29, 1.82) is 0 Å². The number of rotatable bonds is 7. The molecule has 1 N–H and O–H groups in total. The lowest BCUT2D eigenvalue weighted by atomic mass is 10.3. The van der Waals surface area contributed by atoms with Gasteiger partial charge in [-0.25, -0.2) is 0 Å². The summed E-state index contributed by atoms with van der Waals surface area (Å²) in [5.41, 5.74) is 0.00668. The molecule has 0 aliphatic rings. The molecule has 1 atom stereocenters.